The number of nitrogens with one attached hydrogen (secondary N) is 2. The van der Waals surface area contributed by atoms with E-state index in [0.29, 0.717) is 5.95 Å². The number of rotatable bonds is 12. The summed E-state index contributed by atoms with van der Waals surface area (Å²) in [6.45, 7) is 9.11. The Labute approximate surface area is 161 Å². The smallest absolute Gasteiger partial charge is 0.244 e. The zero-order valence-corrected chi connectivity index (χ0v) is 16.7. The van der Waals surface area contributed by atoms with Crippen LogP contribution in [0.3, 0.4) is 0 Å². The lowest BCUT2D eigenvalue weighted by molar-refractivity contribution is 0.268. The Hall–Kier alpha value is -2.21. The summed E-state index contributed by atoms with van der Waals surface area (Å²) in [6.07, 6.45) is 7.44. The van der Waals surface area contributed by atoms with E-state index in [-0.39, 0.29) is 0 Å². The topological polar surface area (TPSA) is 69.7 Å². The first-order valence-electron chi connectivity index (χ1n) is 10.4. The zero-order chi connectivity index (χ0) is 18.9. The minimum atomic E-state index is 0.603. The molecule has 2 aromatic heterocycles. The van der Waals surface area contributed by atoms with Crippen LogP contribution in [0, 0.1) is 0 Å². The number of fused-ring (bicyclic) bond motifs is 3. The van der Waals surface area contributed by atoms with Crippen LogP contribution < -0.4 is 5.32 Å². The maximum absolute atomic E-state index is 4.56. The highest BCUT2D eigenvalue weighted by Gasteiger charge is 2.08. The molecule has 0 aliphatic carbocycles. The van der Waals surface area contributed by atoms with Crippen molar-refractivity contribution in [2.75, 3.05) is 31.5 Å². The van der Waals surface area contributed by atoms with Gasteiger partial charge in [0.2, 0.25) is 5.95 Å². The molecule has 0 bridgehead atoms. The van der Waals surface area contributed by atoms with Gasteiger partial charge in [-0.15, -0.1) is 10.2 Å². The second-order valence-electron chi connectivity index (χ2n) is 7.19. The van der Waals surface area contributed by atoms with Gasteiger partial charge in [-0.2, -0.15) is 4.98 Å². The summed E-state index contributed by atoms with van der Waals surface area (Å²) in [6, 6.07) is 8.09. The van der Waals surface area contributed by atoms with Gasteiger partial charge in [0.15, 0.2) is 5.65 Å². The second kappa shape index (κ2) is 10.2. The van der Waals surface area contributed by atoms with E-state index < -0.39 is 0 Å². The van der Waals surface area contributed by atoms with Crippen LogP contribution in [0.25, 0.3) is 22.1 Å². The van der Waals surface area contributed by atoms with Gasteiger partial charge < -0.3 is 15.2 Å². The third-order valence-corrected chi connectivity index (χ3v) is 4.89. The number of hydrogen-bond acceptors (Lipinski definition) is 5. The van der Waals surface area contributed by atoms with E-state index in [9.17, 15) is 0 Å². The largest absolute Gasteiger partial charge is 0.353 e. The van der Waals surface area contributed by atoms with Crippen LogP contribution in [0.2, 0.25) is 0 Å². The molecule has 0 atom stereocenters. The molecule has 3 aromatic rings. The lowest BCUT2D eigenvalue weighted by Gasteiger charge is -2.20. The molecule has 6 nitrogen and oxygen atoms in total. The van der Waals surface area contributed by atoms with Crippen LogP contribution in [0.15, 0.2) is 24.3 Å². The van der Waals surface area contributed by atoms with E-state index in [0.717, 1.165) is 35.0 Å². The van der Waals surface area contributed by atoms with Crippen LogP contribution >= 0.6 is 0 Å². The molecule has 146 valence electrons. The predicted octanol–water partition coefficient (Wildman–Crippen LogP) is 4.60. The van der Waals surface area contributed by atoms with Crippen LogP contribution in [0.4, 0.5) is 5.95 Å². The van der Waals surface area contributed by atoms with Crippen molar-refractivity contribution in [1.82, 2.24) is 25.1 Å². The Morgan fingerprint density at radius 3 is 2.52 bits per heavy atom. The summed E-state index contributed by atoms with van der Waals surface area (Å²) in [5, 5.41) is 12.9. The first-order valence-corrected chi connectivity index (χ1v) is 10.4. The van der Waals surface area contributed by atoms with Crippen molar-refractivity contribution in [2.24, 2.45) is 0 Å². The quantitative estimate of drug-likeness (QED) is 0.457. The lowest BCUT2D eigenvalue weighted by atomic mass is 10.2. The summed E-state index contributed by atoms with van der Waals surface area (Å²) >= 11 is 0. The molecule has 0 fully saturated rings. The van der Waals surface area contributed by atoms with Gasteiger partial charge >= 0.3 is 0 Å². The first kappa shape index (κ1) is 19.5. The van der Waals surface area contributed by atoms with Crippen LogP contribution in [-0.4, -0.2) is 51.2 Å². The summed E-state index contributed by atoms with van der Waals surface area (Å²) in [5.41, 5.74) is 2.67. The molecule has 2 N–H and O–H groups in total. The van der Waals surface area contributed by atoms with Crippen molar-refractivity contribution in [3.63, 3.8) is 0 Å². The maximum atomic E-state index is 4.56. The molecule has 0 aliphatic rings. The van der Waals surface area contributed by atoms with Crippen molar-refractivity contribution < 1.29 is 0 Å². The van der Waals surface area contributed by atoms with Gasteiger partial charge in [0, 0.05) is 17.4 Å². The number of aromatic amines is 1. The number of unbranched alkanes of at least 4 members (excludes halogenated alkanes) is 3. The van der Waals surface area contributed by atoms with Gasteiger partial charge in [-0.1, -0.05) is 44.9 Å². The summed E-state index contributed by atoms with van der Waals surface area (Å²) in [4.78, 5) is 10.5. The monoisotopic (exact) mass is 368 g/mol. The minimum absolute atomic E-state index is 0.603. The van der Waals surface area contributed by atoms with E-state index in [4.69, 9.17) is 0 Å². The van der Waals surface area contributed by atoms with Gasteiger partial charge in [-0.05, 0) is 51.4 Å². The summed E-state index contributed by atoms with van der Waals surface area (Å²) < 4.78 is 0. The van der Waals surface area contributed by atoms with E-state index >= 15 is 0 Å². The molecular weight excluding hydrogens is 336 g/mol. The average Bonchev–Trinajstić information content (AvgIpc) is 3.05. The van der Waals surface area contributed by atoms with Gasteiger partial charge in [-0.3, -0.25) is 0 Å². The third-order valence-electron chi connectivity index (χ3n) is 4.89. The molecule has 0 amide bonds. The minimum Gasteiger partial charge on any atom is -0.353 e. The van der Waals surface area contributed by atoms with Crippen molar-refractivity contribution in [3.8, 4) is 0 Å². The molecule has 0 unspecified atom stereocenters. The molecule has 0 spiro atoms. The first-order chi connectivity index (χ1) is 13.3. The van der Waals surface area contributed by atoms with Gasteiger partial charge in [0.1, 0.15) is 5.52 Å². The Morgan fingerprint density at radius 1 is 0.926 bits per heavy atom. The van der Waals surface area contributed by atoms with Gasteiger partial charge in [0.25, 0.3) is 0 Å². The maximum Gasteiger partial charge on any atom is 0.244 e. The van der Waals surface area contributed by atoms with E-state index in [1.165, 1.54) is 51.7 Å². The predicted molar refractivity (Wildman–Crippen MR) is 113 cm³/mol. The molecule has 0 saturated carbocycles. The van der Waals surface area contributed by atoms with Crippen molar-refractivity contribution in [1.29, 1.82) is 0 Å². The number of nitrogens with zero attached hydrogens (tertiary/aromatic N) is 4. The fourth-order valence-corrected chi connectivity index (χ4v) is 3.58. The highest BCUT2D eigenvalue weighted by atomic mass is 15.2. The number of hydrogen-bond donors (Lipinski definition) is 2. The third kappa shape index (κ3) is 5.39. The standard InChI is InChI=1S/C21H32N6/c1-3-14-27(15-4-2)16-10-6-5-9-13-22-21-24-20-19(25-26-21)17-11-7-8-12-18(17)23-20/h7-8,11-12H,3-6,9-10,13-16H2,1-2H3,(H2,22,23,24,26). The fraction of sp³-hybridized carbons (Fsp3) is 0.571. The molecule has 3 rings (SSSR count). The van der Waals surface area contributed by atoms with Gasteiger partial charge in [-0.25, -0.2) is 0 Å². The molecule has 6 heteroatoms. The average molecular weight is 369 g/mol. The van der Waals surface area contributed by atoms with Crippen molar-refractivity contribution in [2.45, 2.75) is 52.4 Å². The number of anilines is 1. The number of para-hydroxylation sites is 1. The van der Waals surface area contributed by atoms with Gasteiger partial charge in [0.05, 0.1) is 0 Å². The number of benzene rings is 1. The number of H-pyrrole nitrogens is 1. The normalized spacial score (nSPS) is 11.7. The molecule has 27 heavy (non-hydrogen) atoms. The van der Waals surface area contributed by atoms with E-state index in [2.05, 4.69) is 44.2 Å². The Balaban J connectivity index is 1.38. The molecule has 1 aromatic carbocycles. The molecule has 0 radical (unpaired) electrons. The van der Waals surface area contributed by atoms with Crippen molar-refractivity contribution in [3.05, 3.63) is 24.3 Å². The Bertz CT molecular complexity index is 822. The summed E-state index contributed by atoms with van der Waals surface area (Å²) in [7, 11) is 0. The SMILES string of the molecule is CCCN(CCC)CCCCCCNc1nnc2c(n1)[nH]c1ccccc12. The summed E-state index contributed by atoms with van der Waals surface area (Å²) in [5.74, 6) is 0.603. The van der Waals surface area contributed by atoms with Crippen LogP contribution in [0.5, 0.6) is 0 Å². The van der Waals surface area contributed by atoms with Crippen LogP contribution in [-0.2, 0) is 0 Å². The molecule has 0 saturated heterocycles. The molecule has 0 aliphatic heterocycles. The van der Waals surface area contributed by atoms with Crippen molar-refractivity contribution >= 4 is 28.0 Å². The van der Waals surface area contributed by atoms with E-state index in [1.807, 2.05) is 24.3 Å². The number of aromatic nitrogens is 4. The Morgan fingerprint density at radius 2 is 1.70 bits per heavy atom. The highest BCUT2D eigenvalue weighted by molar-refractivity contribution is 6.03. The molecule has 2 heterocycles. The molecular formula is C21H32N6. The van der Waals surface area contributed by atoms with Crippen LogP contribution in [0.1, 0.15) is 52.4 Å². The highest BCUT2D eigenvalue weighted by Crippen LogP contribution is 2.21. The Kier molecular flexibility index (Phi) is 7.39. The van der Waals surface area contributed by atoms with E-state index in [1.54, 1.807) is 0 Å². The lowest BCUT2D eigenvalue weighted by Crippen LogP contribution is -2.26. The zero-order valence-electron chi connectivity index (χ0n) is 16.7. The fourth-order valence-electron chi connectivity index (χ4n) is 3.58. The second-order valence-corrected chi connectivity index (χ2v) is 7.19.